The SMILES string of the molecule is Cc1cncc(C(NN)c2ccc(OC(F)F)cc2)c1. The second kappa shape index (κ2) is 6.40. The molecule has 1 unspecified atom stereocenters. The van der Waals surface area contributed by atoms with E-state index in [4.69, 9.17) is 5.84 Å². The number of aryl methyl sites for hydroxylation is 1. The number of hydrogen-bond acceptors (Lipinski definition) is 4. The number of rotatable bonds is 5. The van der Waals surface area contributed by atoms with Gasteiger partial charge in [0.15, 0.2) is 0 Å². The number of nitrogens with two attached hydrogens (primary N) is 1. The fraction of sp³-hybridized carbons (Fsp3) is 0.214. The number of hydrazine groups is 1. The van der Waals surface area contributed by atoms with Crippen molar-refractivity contribution >= 4 is 0 Å². The first-order valence-corrected chi connectivity index (χ1v) is 6.02. The van der Waals surface area contributed by atoms with Crippen LogP contribution in [0.3, 0.4) is 0 Å². The summed E-state index contributed by atoms with van der Waals surface area (Å²) in [6.45, 7) is -0.894. The van der Waals surface area contributed by atoms with Crippen molar-refractivity contribution in [2.75, 3.05) is 0 Å². The third-order valence-electron chi connectivity index (χ3n) is 2.83. The van der Waals surface area contributed by atoms with E-state index in [-0.39, 0.29) is 11.8 Å². The van der Waals surface area contributed by atoms with Gasteiger partial charge in [0.2, 0.25) is 0 Å². The Balaban J connectivity index is 2.23. The van der Waals surface area contributed by atoms with Gasteiger partial charge in [-0.2, -0.15) is 8.78 Å². The van der Waals surface area contributed by atoms with Gasteiger partial charge in [-0.1, -0.05) is 18.2 Å². The van der Waals surface area contributed by atoms with E-state index in [2.05, 4.69) is 15.1 Å². The van der Waals surface area contributed by atoms with Gasteiger partial charge in [0, 0.05) is 12.4 Å². The summed E-state index contributed by atoms with van der Waals surface area (Å²) in [6, 6.07) is 8.03. The van der Waals surface area contributed by atoms with E-state index in [0.29, 0.717) is 0 Å². The molecular formula is C14H15F2N3O. The zero-order valence-electron chi connectivity index (χ0n) is 10.9. The molecule has 2 rings (SSSR count). The highest BCUT2D eigenvalue weighted by atomic mass is 19.3. The highest BCUT2D eigenvalue weighted by Crippen LogP contribution is 2.24. The molecule has 0 aliphatic carbocycles. The Morgan fingerprint density at radius 1 is 1.15 bits per heavy atom. The molecule has 1 aromatic heterocycles. The van der Waals surface area contributed by atoms with Crippen molar-refractivity contribution in [3.63, 3.8) is 0 Å². The number of alkyl halides is 2. The van der Waals surface area contributed by atoms with Crippen LogP contribution in [0.2, 0.25) is 0 Å². The van der Waals surface area contributed by atoms with Gasteiger partial charge in [0.05, 0.1) is 6.04 Å². The molecule has 0 radical (unpaired) electrons. The molecule has 0 saturated carbocycles. The van der Waals surface area contributed by atoms with E-state index >= 15 is 0 Å². The molecule has 0 fully saturated rings. The maximum atomic E-state index is 12.1. The number of pyridine rings is 1. The summed E-state index contributed by atoms with van der Waals surface area (Å²) in [5, 5.41) is 0. The summed E-state index contributed by atoms with van der Waals surface area (Å²) >= 11 is 0. The molecule has 4 nitrogen and oxygen atoms in total. The fourth-order valence-electron chi connectivity index (χ4n) is 1.96. The second-order valence-electron chi connectivity index (χ2n) is 4.34. The molecule has 106 valence electrons. The van der Waals surface area contributed by atoms with Crippen LogP contribution in [0.25, 0.3) is 0 Å². The Hall–Kier alpha value is -2.05. The molecule has 0 aliphatic heterocycles. The second-order valence-corrected chi connectivity index (χ2v) is 4.34. The molecule has 0 aliphatic rings. The average Bonchev–Trinajstić information content (AvgIpc) is 2.41. The number of nitrogens with one attached hydrogen (secondary N) is 1. The van der Waals surface area contributed by atoms with Gasteiger partial charge >= 0.3 is 6.61 Å². The van der Waals surface area contributed by atoms with E-state index in [9.17, 15) is 8.78 Å². The van der Waals surface area contributed by atoms with Gasteiger partial charge in [-0.15, -0.1) is 0 Å². The minimum Gasteiger partial charge on any atom is -0.435 e. The summed E-state index contributed by atoms with van der Waals surface area (Å²) < 4.78 is 28.5. The first kappa shape index (κ1) is 14.4. The third kappa shape index (κ3) is 3.49. The molecule has 2 aromatic rings. The van der Waals surface area contributed by atoms with E-state index in [1.807, 2.05) is 13.0 Å². The Morgan fingerprint density at radius 2 is 1.85 bits per heavy atom. The molecule has 3 N–H and O–H groups in total. The standard InChI is InChI=1S/C14H15F2N3O/c1-9-6-11(8-18-7-9)13(19-17)10-2-4-12(5-3-10)20-14(15)16/h2-8,13-14,19H,17H2,1H3. The molecule has 0 amide bonds. The van der Waals surface area contributed by atoms with Crippen LogP contribution in [0.15, 0.2) is 42.7 Å². The van der Waals surface area contributed by atoms with Crippen LogP contribution in [0.4, 0.5) is 8.78 Å². The van der Waals surface area contributed by atoms with Gasteiger partial charge in [-0.25, -0.2) is 5.43 Å². The van der Waals surface area contributed by atoms with Gasteiger partial charge in [0.1, 0.15) is 5.75 Å². The molecule has 20 heavy (non-hydrogen) atoms. The Morgan fingerprint density at radius 3 is 2.40 bits per heavy atom. The van der Waals surface area contributed by atoms with Crippen molar-refractivity contribution in [2.45, 2.75) is 19.6 Å². The number of ether oxygens (including phenoxy) is 1. The maximum Gasteiger partial charge on any atom is 0.387 e. The summed E-state index contributed by atoms with van der Waals surface area (Å²) in [4.78, 5) is 4.12. The topological polar surface area (TPSA) is 60.2 Å². The van der Waals surface area contributed by atoms with Crippen LogP contribution in [0.5, 0.6) is 5.75 Å². The molecular weight excluding hydrogens is 264 g/mol. The lowest BCUT2D eigenvalue weighted by atomic mass is 10.00. The molecule has 1 atom stereocenters. The zero-order valence-corrected chi connectivity index (χ0v) is 10.9. The summed E-state index contributed by atoms with van der Waals surface area (Å²) in [5.41, 5.74) is 5.44. The number of nitrogens with zero attached hydrogens (tertiary/aromatic N) is 1. The van der Waals surface area contributed by atoms with Crippen LogP contribution in [-0.2, 0) is 0 Å². The largest absolute Gasteiger partial charge is 0.435 e. The van der Waals surface area contributed by atoms with Gasteiger partial charge in [-0.05, 0) is 35.7 Å². The Kier molecular flexibility index (Phi) is 4.60. The maximum absolute atomic E-state index is 12.1. The first-order chi connectivity index (χ1) is 9.60. The van der Waals surface area contributed by atoms with Crippen molar-refractivity contribution in [3.8, 4) is 5.75 Å². The molecule has 1 heterocycles. The van der Waals surface area contributed by atoms with Crippen molar-refractivity contribution in [1.82, 2.24) is 10.4 Å². The molecule has 0 spiro atoms. The zero-order chi connectivity index (χ0) is 14.5. The number of halogens is 2. The van der Waals surface area contributed by atoms with E-state index in [1.54, 1.807) is 24.5 Å². The van der Waals surface area contributed by atoms with Gasteiger partial charge in [-0.3, -0.25) is 10.8 Å². The van der Waals surface area contributed by atoms with Crippen molar-refractivity contribution in [1.29, 1.82) is 0 Å². The van der Waals surface area contributed by atoms with Gasteiger partial charge in [0.25, 0.3) is 0 Å². The van der Waals surface area contributed by atoms with Crippen LogP contribution < -0.4 is 16.0 Å². The minimum atomic E-state index is -2.83. The summed E-state index contributed by atoms with van der Waals surface area (Å²) in [5.74, 6) is 5.69. The first-order valence-electron chi connectivity index (χ1n) is 6.02. The highest BCUT2D eigenvalue weighted by molar-refractivity contribution is 5.35. The number of hydrogen-bond donors (Lipinski definition) is 2. The summed E-state index contributed by atoms with van der Waals surface area (Å²) in [6.07, 6.45) is 3.46. The highest BCUT2D eigenvalue weighted by Gasteiger charge is 2.13. The monoisotopic (exact) mass is 279 g/mol. The quantitative estimate of drug-likeness (QED) is 0.652. The lowest BCUT2D eigenvalue weighted by Gasteiger charge is -2.17. The molecule has 6 heteroatoms. The fourth-order valence-corrected chi connectivity index (χ4v) is 1.96. The Bertz CT molecular complexity index is 561. The van der Waals surface area contributed by atoms with Crippen LogP contribution in [-0.4, -0.2) is 11.6 Å². The lowest BCUT2D eigenvalue weighted by molar-refractivity contribution is -0.0498. The van der Waals surface area contributed by atoms with Crippen molar-refractivity contribution < 1.29 is 13.5 Å². The summed E-state index contributed by atoms with van der Waals surface area (Å²) in [7, 11) is 0. The molecule has 0 saturated heterocycles. The number of aromatic nitrogens is 1. The Labute approximate surface area is 115 Å². The normalized spacial score (nSPS) is 12.4. The van der Waals surface area contributed by atoms with Gasteiger partial charge < -0.3 is 4.74 Å². The predicted molar refractivity (Wildman–Crippen MR) is 71.2 cm³/mol. The van der Waals surface area contributed by atoms with Crippen LogP contribution >= 0.6 is 0 Å². The third-order valence-corrected chi connectivity index (χ3v) is 2.83. The average molecular weight is 279 g/mol. The smallest absolute Gasteiger partial charge is 0.387 e. The van der Waals surface area contributed by atoms with Crippen molar-refractivity contribution in [2.24, 2.45) is 5.84 Å². The number of benzene rings is 1. The van der Waals surface area contributed by atoms with E-state index < -0.39 is 6.61 Å². The van der Waals surface area contributed by atoms with Crippen LogP contribution in [0.1, 0.15) is 22.7 Å². The predicted octanol–water partition coefficient (Wildman–Crippen LogP) is 2.54. The van der Waals surface area contributed by atoms with Crippen molar-refractivity contribution in [3.05, 3.63) is 59.4 Å². The lowest BCUT2D eigenvalue weighted by Crippen LogP contribution is -2.29. The van der Waals surface area contributed by atoms with E-state index in [1.165, 1.54) is 12.1 Å². The molecule has 1 aromatic carbocycles. The van der Waals surface area contributed by atoms with E-state index in [0.717, 1.165) is 16.7 Å². The molecule has 0 bridgehead atoms. The minimum absolute atomic E-state index is 0.113. The van der Waals surface area contributed by atoms with Crippen LogP contribution in [0, 0.1) is 6.92 Å².